The van der Waals surface area contributed by atoms with Crippen LogP contribution >= 0.6 is 0 Å². The van der Waals surface area contributed by atoms with E-state index in [0.717, 1.165) is 24.1 Å². The number of nitrogens with zero attached hydrogens (tertiary/aromatic N) is 5. The molecule has 1 unspecified atom stereocenters. The molecule has 0 spiro atoms. The zero-order valence-electron chi connectivity index (χ0n) is 17.3. The van der Waals surface area contributed by atoms with E-state index in [1.807, 2.05) is 43.3 Å². The summed E-state index contributed by atoms with van der Waals surface area (Å²) < 4.78 is 1.81. The first kappa shape index (κ1) is 19.1. The van der Waals surface area contributed by atoms with Gasteiger partial charge in [0.2, 0.25) is 0 Å². The van der Waals surface area contributed by atoms with Crippen LogP contribution in [0.2, 0.25) is 0 Å². The van der Waals surface area contributed by atoms with Crippen LogP contribution in [0.15, 0.2) is 48.5 Å². The van der Waals surface area contributed by atoms with E-state index in [0.29, 0.717) is 11.5 Å². The van der Waals surface area contributed by atoms with Crippen LogP contribution in [-0.2, 0) is 12.0 Å². The summed E-state index contributed by atoms with van der Waals surface area (Å²) in [7, 11) is 0. The molecule has 0 fully saturated rings. The van der Waals surface area contributed by atoms with Crippen molar-refractivity contribution in [1.29, 1.82) is 0 Å². The number of fused-ring (bicyclic) bond motifs is 1. The van der Waals surface area contributed by atoms with Gasteiger partial charge in [-0.2, -0.15) is 0 Å². The van der Waals surface area contributed by atoms with Crippen molar-refractivity contribution in [3.8, 4) is 0 Å². The van der Waals surface area contributed by atoms with Crippen LogP contribution in [0.3, 0.4) is 0 Å². The third kappa shape index (κ3) is 3.72. The Morgan fingerprint density at radius 3 is 2.55 bits per heavy atom. The Morgan fingerprint density at radius 2 is 1.83 bits per heavy atom. The summed E-state index contributed by atoms with van der Waals surface area (Å²) in [4.78, 5) is 15.0. The lowest BCUT2D eigenvalue weighted by molar-refractivity contribution is 0.0934. The molecular weight excluding hydrogens is 364 g/mol. The maximum atomic E-state index is 12.9. The van der Waals surface area contributed by atoms with Crippen LogP contribution in [0.1, 0.15) is 48.7 Å². The molecular formula is C22H26N6O. The number of aryl methyl sites for hydroxylation is 2. The molecule has 1 atom stereocenters. The summed E-state index contributed by atoms with van der Waals surface area (Å²) in [6, 6.07) is 15.8. The van der Waals surface area contributed by atoms with Gasteiger partial charge in [-0.3, -0.25) is 9.69 Å². The van der Waals surface area contributed by atoms with Gasteiger partial charge in [0.1, 0.15) is 6.17 Å². The van der Waals surface area contributed by atoms with Gasteiger partial charge < -0.3 is 5.32 Å². The van der Waals surface area contributed by atoms with Crippen LogP contribution in [0.4, 0.5) is 11.6 Å². The molecule has 2 aromatic carbocycles. The Hall–Kier alpha value is -3.22. The standard InChI is InChI=1S/C22H26N6O/c1-15-9-11-17(12-10-15)20(29)23-19-14-13-16-7-5-6-8-18(16)27(19)21-24-25-26-28(21)22(2,3)4/h5-12,19H,13-14H2,1-4H3,(H,23,29). The molecule has 0 saturated heterocycles. The summed E-state index contributed by atoms with van der Waals surface area (Å²) >= 11 is 0. The van der Waals surface area contributed by atoms with E-state index in [4.69, 9.17) is 0 Å². The van der Waals surface area contributed by atoms with E-state index >= 15 is 0 Å². The number of hydrogen-bond donors (Lipinski definition) is 1. The van der Waals surface area contributed by atoms with E-state index in [2.05, 4.69) is 58.6 Å². The summed E-state index contributed by atoms with van der Waals surface area (Å²) in [6.07, 6.45) is 1.40. The summed E-state index contributed by atoms with van der Waals surface area (Å²) in [5.41, 5.74) is 3.71. The molecule has 7 heteroatoms. The Morgan fingerprint density at radius 1 is 1.10 bits per heavy atom. The number of rotatable bonds is 3. The molecule has 0 saturated carbocycles. The number of hydrogen-bond acceptors (Lipinski definition) is 5. The predicted octanol–water partition coefficient (Wildman–Crippen LogP) is 3.58. The van der Waals surface area contributed by atoms with Crippen LogP contribution in [0, 0.1) is 6.92 Å². The summed E-state index contributed by atoms with van der Waals surface area (Å²) in [5.74, 6) is 0.521. The normalized spacial score (nSPS) is 16.4. The van der Waals surface area contributed by atoms with Gasteiger partial charge >= 0.3 is 0 Å². The molecule has 29 heavy (non-hydrogen) atoms. The van der Waals surface area contributed by atoms with E-state index < -0.39 is 0 Å². The smallest absolute Gasteiger partial charge is 0.252 e. The number of benzene rings is 2. The minimum Gasteiger partial charge on any atom is -0.331 e. The predicted molar refractivity (Wildman–Crippen MR) is 112 cm³/mol. The van der Waals surface area contributed by atoms with Crippen molar-refractivity contribution >= 4 is 17.5 Å². The van der Waals surface area contributed by atoms with Gasteiger partial charge in [0.25, 0.3) is 11.9 Å². The minimum absolute atomic E-state index is 0.103. The fourth-order valence-electron chi connectivity index (χ4n) is 3.64. The zero-order valence-corrected chi connectivity index (χ0v) is 17.3. The molecule has 0 bridgehead atoms. The van der Waals surface area contributed by atoms with E-state index in [1.54, 1.807) is 4.68 Å². The van der Waals surface area contributed by atoms with Gasteiger partial charge in [-0.1, -0.05) is 41.0 Å². The third-order valence-electron chi connectivity index (χ3n) is 5.17. The largest absolute Gasteiger partial charge is 0.331 e. The average Bonchev–Trinajstić information content (AvgIpc) is 3.18. The lowest BCUT2D eigenvalue weighted by atomic mass is 9.99. The molecule has 0 radical (unpaired) electrons. The molecule has 1 aromatic heterocycles. The van der Waals surface area contributed by atoms with Crippen LogP contribution in [0.25, 0.3) is 0 Å². The van der Waals surface area contributed by atoms with Gasteiger partial charge in [0.15, 0.2) is 0 Å². The number of para-hydroxylation sites is 1. The number of nitrogens with one attached hydrogen (secondary N) is 1. The highest BCUT2D eigenvalue weighted by Gasteiger charge is 2.34. The van der Waals surface area contributed by atoms with Crippen LogP contribution in [0.5, 0.6) is 0 Å². The van der Waals surface area contributed by atoms with Crippen molar-refractivity contribution in [3.63, 3.8) is 0 Å². The first-order chi connectivity index (χ1) is 13.8. The number of aromatic nitrogens is 4. The zero-order chi connectivity index (χ0) is 20.6. The fourth-order valence-corrected chi connectivity index (χ4v) is 3.64. The van der Waals surface area contributed by atoms with Crippen LogP contribution < -0.4 is 10.2 Å². The molecule has 150 valence electrons. The molecule has 0 aliphatic carbocycles. The molecule has 7 nitrogen and oxygen atoms in total. The number of tetrazole rings is 1. The number of anilines is 2. The SMILES string of the molecule is Cc1ccc(C(=O)NC2CCc3ccccc3N2c2nnnn2C(C)(C)C)cc1. The first-order valence-electron chi connectivity index (χ1n) is 9.88. The lowest BCUT2D eigenvalue weighted by Crippen LogP contribution is -2.50. The van der Waals surface area contributed by atoms with Crippen molar-refractivity contribution in [1.82, 2.24) is 25.5 Å². The van der Waals surface area contributed by atoms with Gasteiger partial charge in [0.05, 0.1) is 5.54 Å². The molecule has 1 amide bonds. The second-order valence-corrected chi connectivity index (χ2v) is 8.45. The second kappa shape index (κ2) is 7.31. The highest BCUT2D eigenvalue weighted by Crippen LogP contribution is 2.36. The Labute approximate surface area is 170 Å². The van der Waals surface area contributed by atoms with Crippen molar-refractivity contribution in [2.75, 3.05) is 4.90 Å². The van der Waals surface area contributed by atoms with E-state index in [1.165, 1.54) is 5.56 Å². The topological polar surface area (TPSA) is 75.9 Å². The molecule has 1 N–H and O–H groups in total. The van der Waals surface area contributed by atoms with Crippen molar-refractivity contribution in [2.24, 2.45) is 0 Å². The number of amides is 1. The Balaban J connectivity index is 1.72. The van der Waals surface area contributed by atoms with Crippen LogP contribution in [-0.4, -0.2) is 32.3 Å². The highest BCUT2D eigenvalue weighted by molar-refractivity contribution is 5.94. The number of carbonyl (C=O) groups is 1. The Bertz CT molecular complexity index is 1020. The molecule has 2 heterocycles. The maximum absolute atomic E-state index is 12.9. The fraction of sp³-hybridized carbons (Fsp3) is 0.364. The van der Waals surface area contributed by atoms with Crippen molar-refractivity contribution in [2.45, 2.75) is 52.2 Å². The summed E-state index contributed by atoms with van der Waals surface area (Å²) in [5, 5.41) is 15.7. The number of carbonyl (C=O) groups excluding carboxylic acids is 1. The second-order valence-electron chi connectivity index (χ2n) is 8.45. The quantitative estimate of drug-likeness (QED) is 0.740. The highest BCUT2D eigenvalue weighted by atomic mass is 16.1. The van der Waals surface area contributed by atoms with Gasteiger partial charge in [0, 0.05) is 11.3 Å². The summed E-state index contributed by atoms with van der Waals surface area (Å²) in [6.45, 7) is 8.18. The van der Waals surface area contributed by atoms with Gasteiger partial charge in [-0.05, 0) is 74.7 Å². The van der Waals surface area contributed by atoms with Gasteiger partial charge in [-0.25, -0.2) is 4.68 Å². The first-order valence-corrected chi connectivity index (χ1v) is 9.88. The van der Waals surface area contributed by atoms with Gasteiger partial charge in [-0.15, -0.1) is 0 Å². The molecule has 4 rings (SSSR count). The van der Waals surface area contributed by atoms with Crippen molar-refractivity contribution < 1.29 is 4.79 Å². The minimum atomic E-state index is -0.295. The average molecular weight is 390 g/mol. The lowest BCUT2D eigenvalue weighted by Gasteiger charge is -2.38. The van der Waals surface area contributed by atoms with E-state index in [-0.39, 0.29) is 17.6 Å². The molecule has 1 aliphatic heterocycles. The van der Waals surface area contributed by atoms with E-state index in [9.17, 15) is 4.79 Å². The molecule has 1 aliphatic rings. The molecule has 3 aromatic rings. The monoisotopic (exact) mass is 390 g/mol. The Kier molecular flexibility index (Phi) is 4.82. The van der Waals surface area contributed by atoms with Crippen molar-refractivity contribution in [3.05, 3.63) is 65.2 Å². The third-order valence-corrected chi connectivity index (χ3v) is 5.17. The maximum Gasteiger partial charge on any atom is 0.252 e.